The molecule has 0 aliphatic carbocycles. The normalized spacial score (nSPS) is 17.9. The van der Waals surface area contributed by atoms with E-state index in [4.69, 9.17) is 0 Å². The van der Waals surface area contributed by atoms with Gasteiger partial charge in [0.05, 0.1) is 30.8 Å². The van der Waals surface area contributed by atoms with Crippen molar-refractivity contribution in [2.45, 2.75) is 30.6 Å². The Balaban J connectivity index is 1.55. The molecule has 37 heavy (non-hydrogen) atoms. The number of fused-ring (bicyclic) bond motifs is 2. The quantitative estimate of drug-likeness (QED) is 0.489. The van der Waals surface area contributed by atoms with Crippen LogP contribution in [0.2, 0.25) is 0 Å². The molecule has 0 radical (unpaired) electrons. The van der Waals surface area contributed by atoms with Crippen LogP contribution in [0.1, 0.15) is 17.7 Å². The number of aromatic hydroxyl groups is 1. The van der Waals surface area contributed by atoms with E-state index in [1.54, 1.807) is 12.1 Å². The van der Waals surface area contributed by atoms with E-state index in [0.717, 1.165) is 28.3 Å². The van der Waals surface area contributed by atoms with Gasteiger partial charge in [0.25, 0.3) is 0 Å². The number of carboxylic acid groups (broad SMARTS) is 1. The van der Waals surface area contributed by atoms with Crippen LogP contribution >= 0.6 is 0 Å². The minimum Gasteiger partial charge on any atom is -0.508 e. The van der Waals surface area contributed by atoms with Crippen LogP contribution in [-0.2, 0) is 22.8 Å². The molecule has 1 amide bonds. The third kappa shape index (κ3) is 4.70. The average molecular weight is 523 g/mol. The number of benzene rings is 2. The van der Waals surface area contributed by atoms with Crippen molar-refractivity contribution in [1.29, 1.82) is 5.26 Å². The first-order valence-electron chi connectivity index (χ1n) is 11.8. The zero-order valence-electron chi connectivity index (χ0n) is 20.2. The van der Waals surface area contributed by atoms with E-state index in [1.165, 1.54) is 4.90 Å². The predicted octanol–water partition coefficient (Wildman–Crippen LogP) is 2.38. The maximum Gasteiger partial charge on any atom is 0.407 e. The second kappa shape index (κ2) is 9.40. The number of amides is 1. The van der Waals surface area contributed by atoms with Crippen molar-refractivity contribution in [3.63, 3.8) is 0 Å². The molecule has 1 atom stereocenters. The lowest BCUT2D eigenvalue weighted by Gasteiger charge is -2.41. The van der Waals surface area contributed by atoms with E-state index < -0.39 is 22.0 Å². The second-order valence-electron chi connectivity index (χ2n) is 9.32. The van der Waals surface area contributed by atoms with Gasteiger partial charge in [0.15, 0.2) is 0 Å². The lowest BCUT2D eigenvalue weighted by molar-refractivity contribution is 0.119. The minimum atomic E-state index is -3.73. The number of nitriles is 1. The Labute approximate surface area is 214 Å². The monoisotopic (exact) mass is 522 g/mol. The van der Waals surface area contributed by atoms with Gasteiger partial charge in [-0.1, -0.05) is 24.3 Å². The molecule has 2 N–H and O–H groups in total. The molecule has 3 aromatic rings. The number of phenols is 1. The van der Waals surface area contributed by atoms with Crippen LogP contribution in [-0.4, -0.2) is 78.1 Å². The van der Waals surface area contributed by atoms with Crippen LogP contribution in [0.4, 0.5) is 16.3 Å². The maximum absolute atomic E-state index is 12.5. The van der Waals surface area contributed by atoms with Crippen molar-refractivity contribution in [3.05, 3.63) is 47.7 Å². The predicted molar refractivity (Wildman–Crippen MR) is 136 cm³/mol. The van der Waals surface area contributed by atoms with Crippen LogP contribution in [0, 0.1) is 11.3 Å². The number of aromatic nitrogens is 2. The maximum atomic E-state index is 12.5. The molecule has 12 heteroatoms. The summed E-state index contributed by atoms with van der Waals surface area (Å²) in [4.78, 5) is 25.7. The smallest absolute Gasteiger partial charge is 0.407 e. The Bertz CT molecular complexity index is 1540. The van der Waals surface area contributed by atoms with E-state index in [9.17, 15) is 28.7 Å². The van der Waals surface area contributed by atoms with E-state index in [0.29, 0.717) is 37.6 Å². The molecule has 0 spiro atoms. The highest BCUT2D eigenvalue weighted by Gasteiger charge is 2.34. The number of sulfone groups is 1. The van der Waals surface area contributed by atoms with Crippen LogP contribution in [0.5, 0.6) is 5.75 Å². The molecule has 0 bridgehead atoms. The van der Waals surface area contributed by atoms with Crippen molar-refractivity contribution in [2.75, 3.05) is 42.2 Å². The van der Waals surface area contributed by atoms with Crippen molar-refractivity contribution < 1.29 is 23.4 Å². The zero-order valence-corrected chi connectivity index (χ0v) is 21.0. The summed E-state index contributed by atoms with van der Waals surface area (Å²) >= 11 is 0. The summed E-state index contributed by atoms with van der Waals surface area (Å²) in [5, 5.41) is 30.7. The van der Waals surface area contributed by atoms with Gasteiger partial charge in [0.1, 0.15) is 11.6 Å². The summed E-state index contributed by atoms with van der Waals surface area (Å²) in [7, 11) is -3.73. The molecule has 2 aliphatic heterocycles. The average Bonchev–Trinajstić information content (AvgIpc) is 2.86. The van der Waals surface area contributed by atoms with Crippen molar-refractivity contribution in [2.24, 2.45) is 0 Å². The number of phenolic OH excluding ortho intramolecular Hbond substituents is 1. The summed E-state index contributed by atoms with van der Waals surface area (Å²) in [6.07, 6.45) is 0.520. The Morgan fingerprint density at radius 2 is 1.95 bits per heavy atom. The van der Waals surface area contributed by atoms with E-state index >= 15 is 0 Å². The van der Waals surface area contributed by atoms with Crippen LogP contribution in [0.3, 0.4) is 0 Å². The third-order valence-corrected chi connectivity index (χ3v) is 7.72. The Hall–Kier alpha value is -4.11. The summed E-state index contributed by atoms with van der Waals surface area (Å²) in [6, 6.07) is 12.6. The second-order valence-corrected chi connectivity index (χ2v) is 11.2. The lowest BCUT2D eigenvalue weighted by Crippen LogP contribution is -2.55. The number of carbonyl (C=O) groups is 1. The molecular weight excluding hydrogens is 496 g/mol. The molecule has 1 saturated heterocycles. The summed E-state index contributed by atoms with van der Waals surface area (Å²) < 4.78 is 25.0. The van der Waals surface area contributed by atoms with Gasteiger partial charge < -0.3 is 24.9 Å². The summed E-state index contributed by atoms with van der Waals surface area (Å²) in [5.74, 6) is 0.610. The zero-order chi connectivity index (χ0) is 26.3. The minimum absolute atomic E-state index is 0.0212. The molecule has 0 unspecified atom stereocenters. The van der Waals surface area contributed by atoms with Gasteiger partial charge in [0, 0.05) is 55.1 Å². The van der Waals surface area contributed by atoms with Gasteiger partial charge in [0.2, 0.25) is 15.0 Å². The molecule has 2 aromatic carbocycles. The Kier molecular flexibility index (Phi) is 6.25. The Morgan fingerprint density at radius 3 is 2.68 bits per heavy atom. The van der Waals surface area contributed by atoms with Gasteiger partial charge >= 0.3 is 6.09 Å². The highest BCUT2D eigenvalue weighted by molar-refractivity contribution is 7.90. The summed E-state index contributed by atoms with van der Waals surface area (Å²) in [6.45, 7) is 1.63. The molecule has 0 saturated carbocycles. The highest BCUT2D eigenvalue weighted by atomic mass is 32.2. The Morgan fingerprint density at radius 1 is 1.16 bits per heavy atom. The molecule has 192 valence electrons. The van der Waals surface area contributed by atoms with E-state index in [1.807, 2.05) is 35.2 Å². The standard InChI is InChI=1S/C25H26N6O5S/c1-37(35,36)24-27-21-15-29(22-13-18(32)12-16-4-2-3-5-19(16)22)9-7-20(21)23(28-24)30-10-11-31(25(33)34)17(14-30)6-8-26/h2-5,12-13,17,32H,6-7,9-11,14-15H2,1H3,(H,33,34)/t17-/m0/s1. The van der Waals surface area contributed by atoms with Gasteiger partial charge in [-0.15, -0.1) is 0 Å². The van der Waals surface area contributed by atoms with Crippen LogP contribution in [0.25, 0.3) is 10.8 Å². The van der Waals surface area contributed by atoms with Gasteiger partial charge in [-0.2, -0.15) is 5.26 Å². The topological polar surface area (TPSA) is 151 Å². The first-order valence-corrected chi connectivity index (χ1v) is 13.7. The fourth-order valence-electron chi connectivity index (χ4n) is 5.14. The van der Waals surface area contributed by atoms with Crippen LogP contribution in [0.15, 0.2) is 41.6 Å². The number of hydrogen-bond donors (Lipinski definition) is 2. The number of rotatable bonds is 4. The largest absolute Gasteiger partial charge is 0.508 e. The number of hydrogen-bond acceptors (Lipinski definition) is 9. The van der Waals surface area contributed by atoms with E-state index in [2.05, 4.69) is 14.9 Å². The van der Waals surface area contributed by atoms with E-state index in [-0.39, 0.29) is 30.4 Å². The van der Waals surface area contributed by atoms with Crippen molar-refractivity contribution in [1.82, 2.24) is 14.9 Å². The molecule has 3 heterocycles. The molecule has 5 rings (SSSR count). The first-order chi connectivity index (χ1) is 17.7. The summed E-state index contributed by atoms with van der Waals surface area (Å²) in [5.41, 5.74) is 2.21. The number of anilines is 2. The fraction of sp³-hybridized carbons (Fsp3) is 0.360. The van der Waals surface area contributed by atoms with Crippen LogP contribution < -0.4 is 9.80 Å². The number of piperazine rings is 1. The molecular formula is C25H26N6O5S. The van der Waals surface area contributed by atoms with Crippen molar-refractivity contribution in [3.8, 4) is 11.8 Å². The fourth-order valence-corrected chi connectivity index (χ4v) is 5.67. The molecule has 2 aliphatic rings. The molecule has 1 fully saturated rings. The van der Waals surface area contributed by atoms with Gasteiger partial charge in [-0.3, -0.25) is 0 Å². The SMILES string of the molecule is CS(=O)(=O)c1nc2c(c(N3CCN(C(=O)O)[C@@H](CC#N)C3)n1)CCN(c1cc(O)cc3ccccc13)C2. The van der Waals surface area contributed by atoms with Gasteiger partial charge in [-0.25, -0.2) is 23.2 Å². The third-order valence-electron chi connectivity index (χ3n) is 6.87. The first kappa shape index (κ1) is 24.6. The van der Waals surface area contributed by atoms with Gasteiger partial charge in [-0.05, 0) is 17.9 Å². The lowest BCUT2D eigenvalue weighted by atomic mass is 10.0. The van der Waals surface area contributed by atoms with Crippen molar-refractivity contribution >= 4 is 38.2 Å². The molecule has 1 aromatic heterocycles. The highest BCUT2D eigenvalue weighted by Crippen LogP contribution is 2.36. The number of nitrogens with zero attached hydrogens (tertiary/aromatic N) is 6. The molecule has 11 nitrogen and oxygen atoms in total.